The number of hydrogen-bond acceptors (Lipinski definition) is 0. The molecular formula is C24H28. The molecule has 0 N–H and O–H groups in total. The van der Waals surface area contributed by atoms with Crippen LogP contribution >= 0.6 is 0 Å². The average Bonchev–Trinajstić information content (AvgIpc) is 2.96. The lowest BCUT2D eigenvalue weighted by Crippen LogP contribution is -2.36. The highest BCUT2D eigenvalue weighted by Gasteiger charge is 2.42. The van der Waals surface area contributed by atoms with Crippen molar-refractivity contribution in [1.29, 1.82) is 0 Å². The molecule has 2 aromatic rings. The maximum atomic E-state index is 2.48. The monoisotopic (exact) mass is 316 g/mol. The van der Waals surface area contributed by atoms with E-state index in [9.17, 15) is 0 Å². The second-order valence-electron chi connectivity index (χ2n) is 7.08. The van der Waals surface area contributed by atoms with Crippen LogP contribution in [0.2, 0.25) is 0 Å². The zero-order valence-electron chi connectivity index (χ0n) is 15.1. The fourth-order valence-electron chi connectivity index (χ4n) is 4.32. The van der Waals surface area contributed by atoms with E-state index in [4.69, 9.17) is 0 Å². The molecule has 124 valence electrons. The third-order valence-electron chi connectivity index (χ3n) is 5.41. The molecule has 2 aromatic carbocycles. The molecule has 0 saturated heterocycles. The van der Waals surface area contributed by atoms with E-state index in [0.717, 1.165) is 0 Å². The molecule has 0 fully saturated rings. The number of unbranched alkanes of at least 4 members (excludes halogenated alkanes) is 1. The minimum absolute atomic E-state index is 0.0247. The highest BCUT2D eigenvalue weighted by Crippen LogP contribution is 2.49. The zero-order valence-corrected chi connectivity index (χ0v) is 15.1. The minimum Gasteiger partial charge on any atom is -0.0732 e. The first-order valence-electron chi connectivity index (χ1n) is 9.16. The Labute approximate surface area is 146 Å². The fraction of sp³-hybridized carbons (Fsp3) is 0.333. The summed E-state index contributed by atoms with van der Waals surface area (Å²) in [4.78, 5) is 0. The topological polar surface area (TPSA) is 0 Å². The number of hydrogen-bond donors (Lipinski definition) is 0. The summed E-state index contributed by atoms with van der Waals surface area (Å²) >= 11 is 0. The molecule has 0 heteroatoms. The summed E-state index contributed by atoms with van der Waals surface area (Å²) in [5.41, 5.74) is 5.78. The van der Waals surface area contributed by atoms with Crippen LogP contribution < -0.4 is 0 Å². The second kappa shape index (κ2) is 7.21. The Kier molecular flexibility index (Phi) is 5.04. The van der Waals surface area contributed by atoms with E-state index in [0.29, 0.717) is 5.92 Å². The highest BCUT2D eigenvalue weighted by atomic mass is 14.4. The van der Waals surface area contributed by atoms with Gasteiger partial charge in [0, 0.05) is 11.3 Å². The fourth-order valence-corrected chi connectivity index (χ4v) is 4.32. The maximum absolute atomic E-state index is 2.48. The van der Waals surface area contributed by atoms with Crippen molar-refractivity contribution in [2.45, 2.75) is 45.4 Å². The first-order valence-corrected chi connectivity index (χ1v) is 9.16. The third-order valence-corrected chi connectivity index (χ3v) is 5.41. The van der Waals surface area contributed by atoms with Crippen molar-refractivity contribution in [1.82, 2.24) is 0 Å². The van der Waals surface area contributed by atoms with Crippen molar-refractivity contribution < 1.29 is 0 Å². The largest absolute Gasteiger partial charge is 0.0732 e. The summed E-state index contributed by atoms with van der Waals surface area (Å²) in [5.74, 6) is 0.439. The van der Waals surface area contributed by atoms with E-state index in [1.54, 1.807) is 0 Å². The molecule has 0 saturated carbocycles. The molecule has 0 heterocycles. The van der Waals surface area contributed by atoms with Crippen LogP contribution in [0.1, 0.15) is 51.2 Å². The van der Waals surface area contributed by atoms with Gasteiger partial charge in [-0.3, -0.25) is 0 Å². The van der Waals surface area contributed by atoms with Crippen molar-refractivity contribution in [3.05, 3.63) is 95.1 Å². The van der Waals surface area contributed by atoms with Gasteiger partial charge in [0.1, 0.15) is 0 Å². The molecule has 0 nitrogen and oxygen atoms in total. The number of allylic oxidation sites excluding steroid dienone is 4. The van der Waals surface area contributed by atoms with Gasteiger partial charge in [0.15, 0.2) is 0 Å². The molecule has 1 aliphatic carbocycles. The van der Waals surface area contributed by atoms with Crippen molar-refractivity contribution in [3.8, 4) is 0 Å². The van der Waals surface area contributed by atoms with Crippen LogP contribution in [0.5, 0.6) is 0 Å². The van der Waals surface area contributed by atoms with E-state index in [-0.39, 0.29) is 5.41 Å². The summed E-state index contributed by atoms with van der Waals surface area (Å²) in [6, 6.07) is 22.2. The van der Waals surface area contributed by atoms with Gasteiger partial charge in [-0.1, -0.05) is 104 Å². The minimum atomic E-state index is 0.0247. The molecule has 0 amide bonds. The lowest BCUT2D eigenvalue weighted by atomic mass is 9.62. The molecule has 24 heavy (non-hydrogen) atoms. The van der Waals surface area contributed by atoms with Gasteiger partial charge in [-0.15, -0.1) is 0 Å². The molecule has 1 atom stereocenters. The van der Waals surface area contributed by atoms with Crippen LogP contribution in [0, 0.1) is 5.92 Å². The van der Waals surface area contributed by atoms with Gasteiger partial charge >= 0.3 is 0 Å². The Morgan fingerprint density at radius 3 is 1.79 bits per heavy atom. The van der Waals surface area contributed by atoms with Crippen LogP contribution in [0.3, 0.4) is 0 Å². The first-order chi connectivity index (χ1) is 11.7. The summed E-state index contributed by atoms with van der Waals surface area (Å²) in [7, 11) is 0. The summed E-state index contributed by atoms with van der Waals surface area (Å²) in [6.07, 6.45) is 8.47. The summed E-state index contributed by atoms with van der Waals surface area (Å²) in [5, 5.41) is 0. The predicted molar refractivity (Wildman–Crippen MR) is 104 cm³/mol. The molecule has 0 radical (unpaired) electrons. The molecular weight excluding hydrogens is 288 g/mol. The van der Waals surface area contributed by atoms with Crippen molar-refractivity contribution in [2.24, 2.45) is 5.92 Å². The average molecular weight is 316 g/mol. The molecule has 0 aliphatic heterocycles. The van der Waals surface area contributed by atoms with E-state index < -0.39 is 0 Å². The second-order valence-corrected chi connectivity index (χ2v) is 7.08. The Morgan fingerprint density at radius 2 is 1.38 bits per heavy atom. The zero-order chi connectivity index (χ0) is 17.0. The molecule has 0 spiro atoms. The van der Waals surface area contributed by atoms with E-state index in [1.807, 2.05) is 0 Å². The van der Waals surface area contributed by atoms with Gasteiger partial charge in [0.2, 0.25) is 0 Å². The Morgan fingerprint density at radius 1 is 0.833 bits per heavy atom. The van der Waals surface area contributed by atoms with Crippen molar-refractivity contribution in [2.75, 3.05) is 0 Å². The Bertz CT molecular complexity index is 680. The van der Waals surface area contributed by atoms with Crippen molar-refractivity contribution >= 4 is 0 Å². The van der Waals surface area contributed by atoms with Crippen LogP contribution in [-0.2, 0) is 5.41 Å². The molecule has 0 bridgehead atoms. The quantitative estimate of drug-likeness (QED) is 0.557. The standard InChI is InChI=1S/C24H28/c1-4-5-16-24(21-12-8-6-9-13-21,22-14-10-7-11-15-22)23-18-19(2)17-20(23)3/h6-15,17-18,23H,4-5,16H2,1-3H3. The number of benzene rings is 2. The van der Waals surface area contributed by atoms with Gasteiger partial charge in [0.05, 0.1) is 0 Å². The maximum Gasteiger partial charge on any atom is 0.0302 e. The van der Waals surface area contributed by atoms with Crippen LogP contribution in [0.15, 0.2) is 84.0 Å². The normalized spacial score (nSPS) is 17.5. The van der Waals surface area contributed by atoms with Gasteiger partial charge < -0.3 is 0 Å². The Hall–Kier alpha value is -2.08. The van der Waals surface area contributed by atoms with E-state index >= 15 is 0 Å². The molecule has 1 unspecified atom stereocenters. The van der Waals surface area contributed by atoms with Crippen LogP contribution in [-0.4, -0.2) is 0 Å². The summed E-state index contributed by atoms with van der Waals surface area (Å²) < 4.78 is 0. The molecule has 3 rings (SSSR count). The predicted octanol–water partition coefficient (Wildman–Crippen LogP) is 6.69. The third kappa shape index (κ3) is 2.98. The van der Waals surface area contributed by atoms with Crippen LogP contribution in [0.4, 0.5) is 0 Å². The Balaban J connectivity index is 2.23. The van der Waals surface area contributed by atoms with Crippen molar-refractivity contribution in [3.63, 3.8) is 0 Å². The first kappa shape index (κ1) is 16.8. The van der Waals surface area contributed by atoms with Gasteiger partial charge in [-0.05, 0) is 31.4 Å². The van der Waals surface area contributed by atoms with E-state index in [2.05, 4.69) is 93.6 Å². The SMILES string of the molecule is CCCCC(c1ccccc1)(c1ccccc1)C1C=C(C)C=C1C. The van der Waals surface area contributed by atoms with Gasteiger partial charge in [0.25, 0.3) is 0 Å². The molecule has 1 aliphatic rings. The molecule has 0 aromatic heterocycles. The lowest BCUT2D eigenvalue weighted by molar-refractivity contribution is 0.381. The lowest BCUT2D eigenvalue weighted by Gasteiger charge is -2.41. The smallest absolute Gasteiger partial charge is 0.0302 e. The summed E-state index contributed by atoms with van der Waals surface area (Å²) in [6.45, 7) is 6.81. The highest BCUT2D eigenvalue weighted by molar-refractivity contribution is 5.48. The van der Waals surface area contributed by atoms with E-state index in [1.165, 1.54) is 41.5 Å². The number of rotatable bonds is 6. The van der Waals surface area contributed by atoms with Gasteiger partial charge in [-0.2, -0.15) is 0 Å². The van der Waals surface area contributed by atoms with Gasteiger partial charge in [-0.25, -0.2) is 0 Å². The van der Waals surface area contributed by atoms with Crippen LogP contribution in [0.25, 0.3) is 0 Å².